The van der Waals surface area contributed by atoms with Gasteiger partial charge in [-0.1, -0.05) is 23.7 Å². The molecule has 3 heterocycles. The summed E-state index contributed by atoms with van der Waals surface area (Å²) in [6.07, 6.45) is 3.31. The van der Waals surface area contributed by atoms with Gasteiger partial charge < -0.3 is 9.80 Å². The van der Waals surface area contributed by atoms with Crippen molar-refractivity contribution < 1.29 is 4.79 Å². The van der Waals surface area contributed by atoms with Crippen molar-refractivity contribution in [3.8, 4) is 11.8 Å². The van der Waals surface area contributed by atoms with E-state index in [1.54, 1.807) is 29.2 Å². The first-order valence-electron chi connectivity index (χ1n) is 9.28. The number of carbonyl (C=O) groups excluding carboxylic acids is 1. The Balaban J connectivity index is 1.46. The van der Waals surface area contributed by atoms with E-state index in [0.717, 1.165) is 17.1 Å². The molecule has 4 rings (SSSR count). The molecule has 1 amide bonds. The smallest absolute Gasteiger partial charge is 0.257 e. The molecule has 0 bridgehead atoms. The van der Waals surface area contributed by atoms with Gasteiger partial charge in [0, 0.05) is 26.2 Å². The quantitative estimate of drug-likeness (QED) is 0.668. The van der Waals surface area contributed by atoms with Crippen LogP contribution in [0.3, 0.4) is 0 Å². The third-order valence-corrected chi connectivity index (χ3v) is 5.43. The van der Waals surface area contributed by atoms with Crippen LogP contribution in [0.2, 0.25) is 5.02 Å². The summed E-state index contributed by atoms with van der Waals surface area (Å²) >= 11 is 6.28. The Morgan fingerprint density at radius 1 is 1.10 bits per heavy atom. The molecular weight excluding hydrogens is 388 g/mol. The van der Waals surface area contributed by atoms with Gasteiger partial charge in [-0.05, 0) is 31.2 Å². The number of piperazine rings is 1. The molecule has 1 aliphatic heterocycles. The number of hydrogen-bond acceptors (Lipinski definition) is 5. The summed E-state index contributed by atoms with van der Waals surface area (Å²) in [5.74, 6) is -0.0293. The summed E-state index contributed by atoms with van der Waals surface area (Å²) < 4.78 is 1.70. The van der Waals surface area contributed by atoms with Crippen molar-refractivity contribution in [2.75, 3.05) is 31.1 Å². The molecule has 146 valence electrons. The van der Waals surface area contributed by atoms with Crippen LogP contribution in [-0.2, 0) is 0 Å². The van der Waals surface area contributed by atoms with Crippen molar-refractivity contribution in [1.29, 1.82) is 5.26 Å². The van der Waals surface area contributed by atoms with Gasteiger partial charge in [0.25, 0.3) is 5.91 Å². The van der Waals surface area contributed by atoms with Crippen LogP contribution in [0, 0.1) is 18.3 Å². The molecule has 1 saturated heterocycles. The van der Waals surface area contributed by atoms with Crippen molar-refractivity contribution in [2.45, 2.75) is 6.92 Å². The van der Waals surface area contributed by atoms with Crippen LogP contribution in [0.5, 0.6) is 0 Å². The minimum absolute atomic E-state index is 0.0293. The van der Waals surface area contributed by atoms with Crippen LogP contribution in [0.1, 0.15) is 21.7 Å². The fraction of sp³-hybridized carbons (Fsp3) is 0.238. The summed E-state index contributed by atoms with van der Waals surface area (Å²) in [7, 11) is 0. The third kappa shape index (κ3) is 3.67. The normalized spacial score (nSPS) is 14.0. The van der Waals surface area contributed by atoms with Gasteiger partial charge in [0.15, 0.2) is 0 Å². The summed E-state index contributed by atoms with van der Waals surface area (Å²) in [6.45, 7) is 4.50. The van der Waals surface area contributed by atoms with Gasteiger partial charge in [0.05, 0.1) is 40.0 Å². The van der Waals surface area contributed by atoms with E-state index in [1.807, 2.05) is 42.2 Å². The van der Waals surface area contributed by atoms with Crippen LogP contribution < -0.4 is 4.90 Å². The number of aromatic nitrogens is 3. The SMILES string of the molecule is Cc1c(C(=O)N2CCN(c3ccc(C#N)nc3)CC2)cnn1-c1ccccc1Cl. The zero-order valence-electron chi connectivity index (χ0n) is 15.9. The molecular formula is C21H19ClN6O. The highest BCUT2D eigenvalue weighted by molar-refractivity contribution is 6.32. The van der Waals surface area contributed by atoms with Crippen molar-refractivity contribution in [3.63, 3.8) is 0 Å². The second-order valence-corrected chi connectivity index (χ2v) is 7.21. The fourth-order valence-electron chi connectivity index (χ4n) is 3.46. The minimum Gasteiger partial charge on any atom is -0.367 e. The largest absolute Gasteiger partial charge is 0.367 e. The zero-order valence-corrected chi connectivity index (χ0v) is 16.7. The number of amides is 1. The first-order valence-corrected chi connectivity index (χ1v) is 9.66. The molecule has 0 saturated carbocycles. The summed E-state index contributed by atoms with van der Waals surface area (Å²) in [5, 5.41) is 13.8. The fourth-order valence-corrected chi connectivity index (χ4v) is 3.68. The lowest BCUT2D eigenvalue weighted by Gasteiger charge is -2.35. The average Bonchev–Trinajstić information content (AvgIpc) is 3.15. The van der Waals surface area contributed by atoms with E-state index >= 15 is 0 Å². The van der Waals surface area contributed by atoms with E-state index in [2.05, 4.69) is 15.0 Å². The van der Waals surface area contributed by atoms with Crippen molar-refractivity contribution in [2.24, 2.45) is 0 Å². The van der Waals surface area contributed by atoms with E-state index in [9.17, 15) is 4.79 Å². The molecule has 2 aromatic heterocycles. The number of benzene rings is 1. The molecule has 8 heteroatoms. The molecule has 0 atom stereocenters. The second kappa shape index (κ2) is 7.94. The highest BCUT2D eigenvalue weighted by Crippen LogP contribution is 2.23. The maximum absolute atomic E-state index is 13.0. The molecule has 0 unspecified atom stereocenters. The van der Waals surface area contributed by atoms with Crippen LogP contribution >= 0.6 is 11.6 Å². The second-order valence-electron chi connectivity index (χ2n) is 6.80. The zero-order chi connectivity index (χ0) is 20.4. The number of anilines is 1. The molecule has 1 fully saturated rings. The number of nitrogens with zero attached hydrogens (tertiary/aromatic N) is 6. The monoisotopic (exact) mass is 406 g/mol. The number of halogens is 1. The Morgan fingerprint density at radius 3 is 2.52 bits per heavy atom. The molecule has 1 aromatic carbocycles. The van der Waals surface area contributed by atoms with Gasteiger partial charge in [0.1, 0.15) is 11.8 Å². The highest BCUT2D eigenvalue weighted by atomic mass is 35.5. The minimum atomic E-state index is -0.0293. The lowest BCUT2D eigenvalue weighted by molar-refractivity contribution is 0.0746. The van der Waals surface area contributed by atoms with Crippen LogP contribution in [0.25, 0.3) is 5.69 Å². The van der Waals surface area contributed by atoms with Crippen molar-refractivity contribution in [3.05, 3.63) is 70.8 Å². The van der Waals surface area contributed by atoms with Crippen LogP contribution in [-0.4, -0.2) is 51.8 Å². The van der Waals surface area contributed by atoms with Gasteiger partial charge >= 0.3 is 0 Å². The van der Waals surface area contributed by atoms with E-state index in [4.69, 9.17) is 16.9 Å². The number of pyridine rings is 1. The molecule has 0 radical (unpaired) electrons. The maximum atomic E-state index is 13.0. The predicted octanol–water partition coefficient (Wildman–Crippen LogP) is 3.06. The van der Waals surface area contributed by atoms with E-state index < -0.39 is 0 Å². The van der Waals surface area contributed by atoms with Crippen molar-refractivity contribution >= 4 is 23.2 Å². The maximum Gasteiger partial charge on any atom is 0.257 e. The lowest BCUT2D eigenvalue weighted by atomic mass is 10.2. The Labute approximate surface area is 173 Å². The highest BCUT2D eigenvalue weighted by Gasteiger charge is 2.25. The topological polar surface area (TPSA) is 78.1 Å². The number of para-hydroxylation sites is 1. The van der Waals surface area contributed by atoms with Gasteiger partial charge in [-0.3, -0.25) is 4.79 Å². The van der Waals surface area contributed by atoms with E-state index in [0.29, 0.717) is 42.5 Å². The number of carbonyl (C=O) groups is 1. The third-order valence-electron chi connectivity index (χ3n) is 5.12. The van der Waals surface area contributed by atoms with Crippen LogP contribution in [0.4, 0.5) is 5.69 Å². The molecule has 7 nitrogen and oxygen atoms in total. The van der Waals surface area contributed by atoms with Crippen molar-refractivity contribution in [1.82, 2.24) is 19.7 Å². The Kier molecular flexibility index (Phi) is 5.19. The molecule has 1 aliphatic rings. The standard InChI is InChI=1S/C21H19ClN6O/c1-15-18(14-25-28(15)20-5-3-2-4-19(20)22)21(29)27-10-8-26(9-11-27)17-7-6-16(12-23)24-13-17/h2-7,13-14H,8-11H2,1H3. The molecule has 3 aromatic rings. The van der Waals surface area contributed by atoms with Gasteiger partial charge in [-0.2, -0.15) is 10.4 Å². The molecule has 0 N–H and O–H groups in total. The van der Waals surface area contributed by atoms with E-state index in [1.165, 1.54) is 0 Å². The Morgan fingerprint density at radius 2 is 1.86 bits per heavy atom. The van der Waals surface area contributed by atoms with Gasteiger partial charge in [-0.25, -0.2) is 9.67 Å². The Bertz CT molecular complexity index is 1080. The van der Waals surface area contributed by atoms with E-state index in [-0.39, 0.29) is 5.91 Å². The summed E-state index contributed by atoms with van der Waals surface area (Å²) in [6, 6.07) is 13.0. The van der Waals surface area contributed by atoms with Gasteiger partial charge in [0.2, 0.25) is 0 Å². The predicted molar refractivity (Wildman–Crippen MR) is 110 cm³/mol. The Hall–Kier alpha value is -3.37. The summed E-state index contributed by atoms with van der Waals surface area (Å²) in [4.78, 5) is 21.2. The molecule has 0 aliphatic carbocycles. The summed E-state index contributed by atoms with van der Waals surface area (Å²) in [5.41, 5.74) is 3.46. The first kappa shape index (κ1) is 19.0. The van der Waals surface area contributed by atoms with Gasteiger partial charge in [-0.15, -0.1) is 0 Å². The van der Waals surface area contributed by atoms with Crippen LogP contribution in [0.15, 0.2) is 48.8 Å². The number of hydrogen-bond donors (Lipinski definition) is 0. The average molecular weight is 407 g/mol. The number of nitriles is 1. The molecule has 29 heavy (non-hydrogen) atoms. The number of rotatable bonds is 3. The first-order chi connectivity index (χ1) is 14.1. The molecule has 0 spiro atoms. The lowest BCUT2D eigenvalue weighted by Crippen LogP contribution is -2.48.